The van der Waals surface area contributed by atoms with E-state index in [1.54, 1.807) is 25.4 Å². The van der Waals surface area contributed by atoms with E-state index >= 15 is 0 Å². The Kier molecular flexibility index (Phi) is 4.86. The van der Waals surface area contributed by atoms with Crippen LogP contribution in [0.3, 0.4) is 0 Å². The van der Waals surface area contributed by atoms with Crippen LogP contribution in [0, 0.1) is 11.3 Å². The van der Waals surface area contributed by atoms with E-state index in [2.05, 4.69) is 14.6 Å². The van der Waals surface area contributed by atoms with Crippen LogP contribution in [0.2, 0.25) is 0 Å². The van der Waals surface area contributed by atoms with E-state index < -0.39 is 11.3 Å². The SMILES string of the molecule is CC(C)(C(N)=O)C(=O)NCC1C[C@H]2CC[C@@H](C1)N2c1nc(C2CCC2)ns1. The summed E-state index contributed by atoms with van der Waals surface area (Å²) < 4.78 is 4.62. The molecule has 1 unspecified atom stereocenters. The summed E-state index contributed by atoms with van der Waals surface area (Å²) in [5, 5.41) is 4.03. The van der Waals surface area contributed by atoms with Gasteiger partial charge in [0.2, 0.25) is 16.9 Å². The predicted molar refractivity (Wildman–Crippen MR) is 104 cm³/mol. The number of aromatic nitrogens is 2. The standard InChI is InChI=1S/C19H29N5O2S/c1-19(2,16(20)25)17(26)21-10-11-8-13-6-7-14(9-11)24(13)18-22-15(23-27-18)12-4-3-5-12/h11-14H,3-10H2,1-2H3,(H2,20,25)(H,21,26)/t11?,13-,14+. The van der Waals surface area contributed by atoms with Gasteiger partial charge in [-0.25, -0.2) is 4.98 Å². The summed E-state index contributed by atoms with van der Waals surface area (Å²) in [6, 6.07) is 0.967. The van der Waals surface area contributed by atoms with E-state index in [4.69, 9.17) is 10.7 Å². The number of carbonyl (C=O) groups is 2. The van der Waals surface area contributed by atoms with E-state index in [9.17, 15) is 9.59 Å². The number of carbonyl (C=O) groups excluding carboxylic acids is 2. The molecule has 8 heteroatoms. The van der Waals surface area contributed by atoms with Crippen molar-refractivity contribution in [3.63, 3.8) is 0 Å². The average Bonchev–Trinajstić information content (AvgIpc) is 3.13. The number of nitrogens with one attached hydrogen (secondary N) is 1. The number of rotatable bonds is 6. The molecule has 1 aromatic rings. The molecule has 2 amide bonds. The zero-order chi connectivity index (χ0) is 19.2. The zero-order valence-corrected chi connectivity index (χ0v) is 16.9. The Balaban J connectivity index is 1.35. The molecule has 3 aliphatic rings. The minimum absolute atomic E-state index is 0.279. The number of fused-ring (bicyclic) bond motifs is 2. The molecule has 1 saturated carbocycles. The van der Waals surface area contributed by atoms with Crippen LogP contribution in [0.25, 0.3) is 0 Å². The maximum absolute atomic E-state index is 12.3. The third-order valence-electron chi connectivity index (χ3n) is 6.69. The van der Waals surface area contributed by atoms with Gasteiger partial charge >= 0.3 is 0 Å². The molecule has 1 aromatic heterocycles. The summed E-state index contributed by atoms with van der Waals surface area (Å²) in [7, 11) is 0. The van der Waals surface area contributed by atoms with Crippen LogP contribution >= 0.6 is 11.5 Å². The van der Waals surface area contributed by atoms with E-state index in [1.165, 1.54) is 32.1 Å². The molecule has 3 heterocycles. The summed E-state index contributed by atoms with van der Waals surface area (Å²) >= 11 is 1.55. The molecule has 4 rings (SSSR count). The summed E-state index contributed by atoms with van der Waals surface area (Å²) in [5.74, 6) is 1.19. The van der Waals surface area contributed by atoms with Gasteiger partial charge in [0.1, 0.15) is 11.2 Å². The maximum atomic E-state index is 12.3. The highest BCUT2D eigenvalue weighted by Gasteiger charge is 2.43. The van der Waals surface area contributed by atoms with Crippen molar-refractivity contribution >= 4 is 28.5 Å². The second-order valence-corrected chi connectivity index (χ2v) is 9.62. The topological polar surface area (TPSA) is 101 Å². The maximum Gasteiger partial charge on any atom is 0.235 e. The molecule has 0 spiro atoms. The van der Waals surface area contributed by atoms with Gasteiger partial charge in [-0.15, -0.1) is 0 Å². The highest BCUT2D eigenvalue weighted by atomic mass is 32.1. The molecule has 3 fully saturated rings. The number of piperidine rings is 1. The lowest BCUT2D eigenvalue weighted by atomic mass is 9.85. The van der Waals surface area contributed by atoms with Crippen LogP contribution in [0.15, 0.2) is 0 Å². The number of hydrogen-bond donors (Lipinski definition) is 2. The second-order valence-electron chi connectivity index (χ2n) is 8.89. The van der Waals surface area contributed by atoms with Crippen LogP contribution in [-0.2, 0) is 9.59 Å². The Morgan fingerprint density at radius 2 is 1.89 bits per heavy atom. The number of nitrogens with zero attached hydrogens (tertiary/aromatic N) is 3. The number of primary amides is 1. The van der Waals surface area contributed by atoms with E-state index in [0.717, 1.165) is 23.8 Å². The lowest BCUT2D eigenvalue weighted by Crippen LogP contribution is -2.49. The van der Waals surface area contributed by atoms with Gasteiger partial charge in [0.05, 0.1) is 0 Å². The van der Waals surface area contributed by atoms with Crippen LogP contribution < -0.4 is 16.0 Å². The van der Waals surface area contributed by atoms with E-state index in [1.807, 2.05) is 0 Å². The summed E-state index contributed by atoms with van der Waals surface area (Å²) in [6.45, 7) is 3.76. The van der Waals surface area contributed by atoms with Crippen molar-refractivity contribution in [3.8, 4) is 0 Å². The van der Waals surface area contributed by atoms with Crippen molar-refractivity contribution < 1.29 is 9.59 Å². The van der Waals surface area contributed by atoms with Crippen molar-refractivity contribution in [1.82, 2.24) is 14.7 Å². The fraction of sp³-hybridized carbons (Fsp3) is 0.789. The van der Waals surface area contributed by atoms with Crippen molar-refractivity contribution in [1.29, 1.82) is 0 Å². The summed E-state index contributed by atoms with van der Waals surface area (Å²) in [5.41, 5.74) is 4.17. The highest BCUT2D eigenvalue weighted by Crippen LogP contribution is 2.43. The highest BCUT2D eigenvalue weighted by molar-refractivity contribution is 7.09. The number of hydrogen-bond acceptors (Lipinski definition) is 6. The molecular formula is C19H29N5O2S. The molecule has 1 aliphatic carbocycles. The molecule has 2 bridgehead atoms. The Morgan fingerprint density at radius 1 is 1.22 bits per heavy atom. The molecule has 148 valence electrons. The normalized spacial score (nSPS) is 28.1. The third-order valence-corrected chi connectivity index (χ3v) is 7.43. The summed E-state index contributed by atoms with van der Waals surface area (Å²) in [6.07, 6.45) is 8.21. The molecule has 0 radical (unpaired) electrons. The molecule has 2 aliphatic heterocycles. The minimum atomic E-state index is -1.16. The van der Waals surface area contributed by atoms with Gasteiger partial charge in [0.15, 0.2) is 0 Å². The van der Waals surface area contributed by atoms with Crippen LogP contribution in [0.1, 0.15) is 70.5 Å². The van der Waals surface area contributed by atoms with Gasteiger partial charge in [-0.1, -0.05) is 6.42 Å². The van der Waals surface area contributed by atoms with E-state index in [0.29, 0.717) is 30.5 Å². The van der Waals surface area contributed by atoms with Crippen molar-refractivity contribution in [3.05, 3.63) is 5.82 Å². The fourth-order valence-electron chi connectivity index (χ4n) is 4.50. The average molecular weight is 392 g/mol. The van der Waals surface area contributed by atoms with Crippen molar-refractivity contribution in [2.45, 2.75) is 76.8 Å². The molecule has 2 saturated heterocycles. The van der Waals surface area contributed by atoms with Crippen LogP contribution in [0.4, 0.5) is 5.13 Å². The molecule has 3 atom stereocenters. The number of nitrogens with two attached hydrogens (primary N) is 1. The van der Waals surface area contributed by atoms with Crippen LogP contribution in [0.5, 0.6) is 0 Å². The monoisotopic (exact) mass is 391 g/mol. The first-order valence-corrected chi connectivity index (χ1v) is 10.8. The first kappa shape index (κ1) is 18.7. The lowest BCUT2D eigenvalue weighted by molar-refractivity contribution is -0.139. The predicted octanol–water partition coefficient (Wildman–Crippen LogP) is 2.18. The van der Waals surface area contributed by atoms with Crippen molar-refractivity contribution in [2.75, 3.05) is 11.4 Å². The second kappa shape index (κ2) is 7.04. The van der Waals surface area contributed by atoms with Gasteiger partial charge < -0.3 is 16.0 Å². The van der Waals surface area contributed by atoms with Gasteiger partial charge in [0, 0.05) is 36.1 Å². The number of anilines is 1. The first-order chi connectivity index (χ1) is 12.9. The largest absolute Gasteiger partial charge is 0.369 e. The minimum Gasteiger partial charge on any atom is -0.369 e. The lowest BCUT2D eigenvalue weighted by Gasteiger charge is -2.39. The van der Waals surface area contributed by atoms with Gasteiger partial charge in [-0.2, -0.15) is 4.37 Å². The molecule has 7 nitrogen and oxygen atoms in total. The Labute approximate surface area is 164 Å². The fourth-order valence-corrected chi connectivity index (χ4v) is 5.39. The smallest absolute Gasteiger partial charge is 0.235 e. The Bertz CT molecular complexity index is 715. The molecular weight excluding hydrogens is 362 g/mol. The Morgan fingerprint density at radius 3 is 2.44 bits per heavy atom. The Hall–Kier alpha value is -1.70. The van der Waals surface area contributed by atoms with Gasteiger partial charge in [0.25, 0.3) is 0 Å². The quantitative estimate of drug-likeness (QED) is 0.724. The third kappa shape index (κ3) is 3.44. The first-order valence-electron chi connectivity index (χ1n) is 10.1. The molecule has 3 N–H and O–H groups in total. The van der Waals surface area contributed by atoms with Crippen LogP contribution in [-0.4, -0.2) is 39.8 Å². The van der Waals surface area contributed by atoms with Gasteiger partial charge in [-0.05, 0) is 58.3 Å². The number of amides is 2. The van der Waals surface area contributed by atoms with Gasteiger partial charge in [-0.3, -0.25) is 9.59 Å². The molecule has 27 heavy (non-hydrogen) atoms. The zero-order valence-electron chi connectivity index (χ0n) is 16.1. The van der Waals surface area contributed by atoms with E-state index in [-0.39, 0.29) is 5.91 Å². The van der Waals surface area contributed by atoms with Crippen molar-refractivity contribution in [2.24, 2.45) is 17.1 Å². The summed E-state index contributed by atoms with van der Waals surface area (Å²) in [4.78, 5) is 31.1. The molecule has 0 aromatic carbocycles.